The molecule has 3 nitrogen and oxygen atoms in total. The van der Waals surface area contributed by atoms with E-state index in [9.17, 15) is 4.79 Å². The van der Waals surface area contributed by atoms with Gasteiger partial charge in [0.05, 0.1) is 5.54 Å². The van der Waals surface area contributed by atoms with Crippen molar-refractivity contribution in [2.75, 3.05) is 6.54 Å². The molecule has 1 aliphatic rings. The maximum atomic E-state index is 11.7. The number of carbonyl (C=O) groups is 1. The lowest BCUT2D eigenvalue weighted by Gasteiger charge is -2.28. The standard InChI is InChI=1S/C9H18N2O/c1-7-5-4-6-11(7)8(12)9(2,3)10/h7H,4-6,10H2,1-3H3. The largest absolute Gasteiger partial charge is 0.338 e. The highest BCUT2D eigenvalue weighted by atomic mass is 16.2. The summed E-state index contributed by atoms with van der Waals surface area (Å²) in [5.74, 6) is 0.0764. The smallest absolute Gasteiger partial charge is 0.242 e. The zero-order chi connectivity index (χ0) is 9.35. The number of likely N-dealkylation sites (tertiary alicyclic amines) is 1. The van der Waals surface area contributed by atoms with Gasteiger partial charge in [-0.3, -0.25) is 4.79 Å². The fourth-order valence-corrected chi connectivity index (χ4v) is 1.61. The van der Waals surface area contributed by atoms with Crippen molar-refractivity contribution in [2.24, 2.45) is 5.73 Å². The summed E-state index contributed by atoms with van der Waals surface area (Å²) < 4.78 is 0. The third kappa shape index (κ3) is 1.78. The minimum Gasteiger partial charge on any atom is -0.338 e. The van der Waals surface area contributed by atoms with Gasteiger partial charge in [0.15, 0.2) is 0 Å². The van der Waals surface area contributed by atoms with Crippen LogP contribution in [0.25, 0.3) is 0 Å². The molecule has 70 valence electrons. The molecule has 1 atom stereocenters. The van der Waals surface area contributed by atoms with Crippen molar-refractivity contribution in [1.82, 2.24) is 4.90 Å². The lowest BCUT2D eigenvalue weighted by atomic mass is 10.1. The highest BCUT2D eigenvalue weighted by Crippen LogP contribution is 2.19. The second-order valence-electron chi connectivity index (χ2n) is 4.21. The van der Waals surface area contributed by atoms with E-state index in [0.717, 1.165) is 19.4 Å². The van der Waals surface area contributed by atoms with Crippen molar-refractivity contribution in [2.45, 2.75) is 45.2 Å². The van der Waals surface area contributed by atoms with Crippen molar-refractivity contribution in [3.05, 3.63) is 0 Å². The molecular weight excluding hydrogens is 152 g/mol. The zero-order valence-electron chi connectivity index (χ0n) is 8.13. The van der Waals surface area contributed by atoms with Gasteiger partial charge >= 0.3 is 0 Å². The Balaban J connectivity index is 2.64. The second-order valence-corrected chi connectivity index (χ2v) is 4.21. The first-order valence-electron chi connectivity index (χ1n) is 4.53. The second kappa shape index (κ2) is 3.05. The lowest BCUT2D eigenvalue weighted by Crippen LogP contribution is -2.52. The average molecular weight is 170 g/mol. The molecule has 0 saturated carbocycles. The van der Waals surface area contributed by atoms with Gasteiger partial charge in [0.25, 0.3) is 0 Å². The molecule has 0 bridgehead atoms. The number of hydrogen-bond donors (Lipinski definition) is 1. The molecule has 0 radical (unpaired) electrons. The zero-order valence-corrected chi connectivity index (χ0v) is 8.13. The monoisotopic (exact) mass is 170 g/mol. The maximum absolute atomic E-state index is 11.7. The molecule has 1 unspecified atom stereocenters. The molecule has 3 heteroatoms. The van der Waals surface area contributed by atoms with Crippen molar-refractivity contribution in [3.63, 3.8) is 0 Å². The maximum Gasteiger partial charge on any atom is 0.242 e. The molecule has 0 aromatic heterocycles. The molecule has 12 heavy (non-hydrogen) atoms. The summed E-state index contributed by atoms with van der Waals surface area (Å²) in [5.41, 5.74) is 5.02. The van der Waals surface area contributed by atoms with Crippen LogP contribution in [0.5, 0.6) is 0 Å². The molecule has 1 saturated heterocycles. The van der Waals surface area contributed by atoms with E-state index in [2.05, 4.69) is 6.92 Å². The first-order chi connectivity index (χ1) is 5.43. The van der Waals surface area contributed by atoms with E-state index in [-0.39, 0.29) is 5.91 Å². The van der Waals surface area contributed by atoms with Crippen LogP contribution in [0.1, 0.15) is 33.6 Å². The number of amides is 1. The van der Waals surface area contributed by atoms with E-state index in [1.54, 1.807) is 13.8 Å². The van der Waals surface area contributed by atoms with Crippen molar-refractivity contribution >= 4 is 5.91 Å². The number of rotatable bonds is 1. The van der Waals surface area contributed by atoms with Crippen LogP contribution in [-0.4, -0.2) is 28.9 Å². The lowest BCUT2D eigenvalue weighted by molar-refractivity contribution is -0.136. The fourth-order valence-electron chi connectivity index (χ4n) is 1.61. The van der Waals surface area contributed by atoms with Gasteiger partial charge in [-0.25, -0.2) is 0 Å². The molecule has 1 aliphatic heterocycles. The summed E-state index contributed by atoms with van der Waals surface area (Å²) in [4.78, 5) is 13.6. The third-order valence-electron chi connectivity index (χ3n) is 2.37. The topological polar surface area (TPSA) is 46.3 Å². The summed E-state index contributed by atoms with van der Waals surface area (Å²) in [6.07, 6.45) is 2.23. The minimum absolute atomic E-state index is 0.0764. The minimum atomic E-state index is -0.710. The van der Waals surface area contributed by atoms with Gasteiger partial charge in [-0.2, -0.15) is 0 Å². The van der Waals surface area contributed by atoms with Gasteiger partial charge in [0, 0.05) is 12.6 Å². The van der Waals surface area contributed by atoms with Crippen LogP contribution in [0.2, 0.25) is 0 Å². The Hall–Kier alpha value is -0.570. The highest BCUT2D eigenvalue weighted by Gasteiger charge is 2.32. The van der Waals surface area contributed by atoms with E-state index >= 15 is 0 Å². The van der Waals surface area contributed by atoms with Crippen LogP contribution >= 0.6 is 0 Å². The molecular formula is C9H18N2O. The number of nitrogens with two attached hydrogens (primary N) is 1. The van der Waals surface area contributed by atoms with Crippen LogP contribution in [0.15, 0.2) is 0 Å². The molecule has 1 rings (SSSR count). The summed E-state index contributed by atoms with van der Waals surface area (Å²) in [6.45, 7) is 6.48. The first kappa shape index (κ1) is 9.52. The molecule has 0 aromatic carbocycles. The van der Waals surface area contributed by atoms with Gasteiger partial charge in [0.1, 0.15) is 0 Å². The first-order valence-corrected chi connectivity index (χ1v) is 4.53. The Labute approximate surface area is 73.9 Å². The van der Waals surface area contributed by atoms with Crippen LogP contribution in [-0.2, 0) is 4.79 Å². The summed E-state index contributed by atoms with van der Waals surface area (Å²) in [5, 5.41) is 0. The Kier molecular flexibility index (Phi) is 2.42. The molecule has 0 aromatic rings. The van der Waals surface area contributed by atoms with Gasteiger partial charge in [-0.1, -0.05) is 0 Å². The quantitative estimate of drug-likeness (QED) is 0.630. The molecule has 1 heterocycles. The molecule has 1 fully saturated rings. The predicted octanol–water partition coefficient (Wildman–Crippen LogP) is 0.735. The van der Waals surface area contributed by atoms with Crippen LogP contribution < -0.4 is 5.73 Å². The highest BCUT2D eigenvalue weighted by molar-refractivity contribution is 5.85. The van der Waals surface area contributed by atoms with E-state index in [1.165, 1.54) is 0 Å². The number of hydrogen-bond acceptors (Lipinski definition) is 2. The van der Waals surface area contributed by atoms with E-state index in [1.807, 2.05) is 4.90 Å². The van der Waals surface area contributed by atoms with E-state index in [4.69, 9.17) is 5.73 Å². The molecule has 1 amide bonds. The Bertz CT molecular complexity index is 183. The van der Waals surface area contributed by atoms with Crippen molar-refractivity contribution in [3.8, 4) is 0 Å². The van der Waals surface area contributed by atoms with Gasteiger partial charge in [-0.15, -0.1) is 0 Å². The van der Waals surface area contributed by atoms with E-state index in [0.29, 0.717) is 6.04 Å². The molecule has 2 N–H and O–H groups in total. The predicted molar refractivity (Wildman–Crippen MR) is 48.7 cm³/mol. The van der Waals surface area contributed by atoms with Gasteiger partial charge < -0.3 is 10.6 Å². The summed E-state index contributed by atoms with van der Waals surface area (Å²) >= 11 is 0. The average Bonchev–Trinajstić information content (AvgIpc) is 2.31. The summed E-state index contributed by atoms with van der Waals surface area (Å²) in [7, 11) is 0. The van der Waals surface area contributed by atoms with Gasteiger partial charge in [-0.05, 0) is 33.6 Å². The summed E-state index contributed by atoms with van der Waals surface area (Å²) in [6, 6.07) is 0.375. The van der Waals surface area contributed by atoms with Crippen LogP contribution in [0, 0.1) is 0 Å². The third-order valence-corrected chi connectivity index (χ3v) is 2.37. The molecule has 0 spiro atoms. The SMILES string of the molecule is CC1CCCN1C(=O)C(C)(C)N. The van der Waals surface area contributed by atoms with Crippen LogP contribution in [0.3, 0.4) is 0 Å². The Morgan fingerprint density at radius 2 is 2.17 bits per heavy atom. The fraction of sp³-hybridized carbons (Fsp3) is 0.889. The van der Waals surface area contributed by atoms with Crippen molar-refractivity contribution in [1.29, 1.82) is 0 Å². The van der Waals surface area contributed by atoms with Crippen molar-refractivity contribution < 1.29 is 4.79 Å². The van der Waals surface area contributed by atoms with Gasteiger partial charge in [0.2, 0.25) is 5.91 Å². The number of nitrogens with zero attached hydrogens (tertiary/aromatic N) is 1. The Morgan fingerprint density at radius 3 is 2.50 bits per heavy atom. The van der Waals surface area contributed by atoms with Crippen LogP contribution in [0.4, 0.5) is 0 Å². The normalized spacial score (nSPS) is 24.7. The molecule has 0 aliphatic carbocycles. The number of carbonyl (C=O) groups excluding carboxylic acids is 1. The van der Waals surface area contributed by atoms with E-state index < -0.39 is 5.54 Å². The Morgan fingerprint density at radius 1 is 1.58 bits per heavy atom.